The van der Waals surface area contributed by atoms with Crippen molar-refractivity contribution in [3.05, 3.63) is 22.3 Å². The number of carbonyl (C=O) groups excluding carboxylic acids is 2. The molecule has 0 amide bonds. The van der Waals surface area contributed by atoms with Crippen LogP contribution < -0.4 is 0 Å². The number of ketones is 1. The lowest BCUT2D eigenvalue weighted by Crippen LogP contribution is -2.40. The van der Waals surface area contributed by atoms with E-state index >= 15 is 0 Å². The monoisotopic (exact) mass is 280 g/mol. The molecule has 0 aromatic heterocycles. The van der Waals surface area contributed by atoms with Crippen molar-refractivity contribution in [3.63, 3.8) is 0 Å². The van der Waals surface area contributed by atoms with Crippen LogP contribution >= 0.6 is 11.6 Å². The van der Waals surface area contributed by atoms with Crippen molar-refractivity contribution in [2.24, 2.45) is 17.3 Å². The summed E-state index contributed by atoms with van der Waals surface area (Å²) >= 11 is 6.04. The summed E-state index contributed by atoms with van der Waals surface area (Å²) in [5, 5.41) is 0.291. The molecular formula is C15H17ClO3. The van der Waals surface area contributed by atoms with Gasteiger partial charge in [-0.05, 0) is 25.3 Å². The first-order chi connectivity index (χ1) is 8.85. The topological polar surface area (TPSA) is 43.4 Å². The number of esters is 1. The average molecular weight is 281 g/mol. The van der Waals surface area contributed by atoms with Gasteiger partial charge in [-0.1, -0.05) is 31.5 Å². The summed E-state index contributed by atoms with van der Waals surface area (Å²) in [5.74, 6) is -0.159. The van der Waals surface area contributed by atoms with Crippen molar-refractivity contribution < 1.29 is 14.3 Å². The van der Waals surface area contributed by atoms with Crippen molar-refractivity contribution >= 4 is 23.4 Å². The molecule has 3 rings (SSSR count). The van der Waals surface area contributed by atoms with Crippen molar-refractivity contribution in [2.75, 3.05) is 0 Å². The van der Waals surface area contributed by atoms with Crippen molar-refractivity contribution in [1.29, 1.82) is 0 Å². The molecule has 4 atom stereocenters. The summed E-state index contributed by atoms with van der Waals surface area (Å²) in [5.41, 5.74) is 1.38. The maximum Gasteiger partial charge on any atom is 0.309 e. The third-order valence-corrected chi connectivity index (χ3v) is 5.23. The van der Waals surface area contributed by atoms with E-state index in [9.17, 15) is 9.59 Å². The third kappa shape index (κ3) is 1.64. The van der Waals surface area contributed by atoms with Crippen LogP contribution in [0.1, 0.15) is 33.6 Å². The molecule has 102 valence electrons. The summed E-state index contributed by atoms with van der Waals surface area (Å²) in [6.07, 6.45) is 3.43. The maximum atomic E-state index is 12.1. The summed E-state index contributed by atoms with van der Waals surface area (Å²) in [7, 11) is 0. The molecule has 0 aromatic carbocycles. The Morgan fingerprint density at radius 3 is 2.79 bits per heavy atom. The Balaban J connectivity index is 2.12. The van der Waals surface area contributed by atoms with E-state index in [0.717, 1.165) is 18.4 Å². The van der Waals surface area contributed by atoms with Crippen molar-refractivity contribution in [1.82, 2.24) is 0 Å². The summed E-state index contributed by atoms with van der Waals surface area (Å²) in [6.45, 7) is 5.79. The molecule has 2 aliphatic carbocycles. The smallest absolute Gasteiger partial charge is 0.309 e. The molecule has 1 saturated carbocycles. The fourth-order valence-electron chi connectivity index (χ4n) is 3.80. The Morgan fingerprint density at radius 1 is 1.42 bits per heavy atom. The molecule has 0 radical (unpaired) electrons. The van der Waals surface area contributed by atoms with Crippen molar-refractivity contribution in [2.45, 2.75) is 39.7 Å². The minimum atomic E-state index is -0.249. The normalized spacial score (nSPS) is 41.7. The molecule has 0 bridgehead atoms. The number of halogens is 1. The van der Waals surface area contributed by atoms with E-state index in [0.29, 0.717) is 10.6 Å². The van der Waals surface area contributed by atoms with Gasteiger partial charge < -0.3 is 4.74 Å². The fourth-order valence-corrected chi connectivity index (χ4v) is 4.18. The van der Waals surface area contributed by atoms with Gasteiger partial charge in [0.05, 0.1) is 11.0 Å². The average Bonchev–Trinajstić information content (AvgIpc) is 2.61. The Morgan fingerprint density at radius 2 is 2.11 bits per heavy atom. The van der Waals surface area contributed by atoms with Crippen molar-refractivity contribution in [3.8, 4) is 0 Å². The first kappa shape index (κ1) is 12.9. The highest BCUT2D eigenvalue weighted by molar-refractivity contribution is 6.45. The van der Waals surface area contributed by atoms with Crippen LogP contribution in [0.15, 0.2) is 22.3 Å². The van der Waals surface area contributed by atoms with Crippen LogP contribution in [0.25, 0.3) is 0 Å². The SMILES string of the molecule is CC1=C2[C@@H]3OC(=O)[C@H](C)[C@@H]3CC[C@]2(C)C=C(Cl)C1=O. The lowest BCUT2D eigenvalue weighted by atomic mass is 9.61. The van der Waals surface area contributed by atoms with Gasteiger partial charge in [0.15, 0.2) is 5.78 Å². The molecule has 1 heterocycles. The minimum absolute atomic E-state index is 0.0775. The standard InChI is InChI=1S/C15H17ClO3/c1-7-9-4-5-15(3)6-10(16)12(17)8(2)11(15)13(9)19-14(7)18/h6-7,9,13H,4-5H2,1-3H3/t7-,9+,13-,15-/m1/s1. The Hall–Kier alpha value is -1.09. The Bertz CT molecular complexity index is 546. The number of hydrogen-bond acceptors (Lipinski definition) is 3. The Labute approximate surface area is 117 Å². The van der Waals surface area contributed by atoms with E-state index in [4.69, 9.17) is 16.3 Å². The highest BCUT2D eigenvalue weighted by Crippen LogP contribution is 2.54. The molecule has 4 heteroatoms. The van der Waals surface area contributed by atoms with Gasteiger partial charge in [0.1, 0.15) is 6.10 Å². The van der Waals surface area contributed by atoms with E-state index in [2.05, 4.69) is 6.92 Å². The zero-order valence-corrected chi connectivity index (χ0v) is 12.1. The summed E-state index contributed by atoms with van der Waals surface area (Å²) in [4.78, 5) is 23.9. The molecule has 3 aliphatic rings. The number of fused-ring (bicyclic) bond motifs is 3. The highest BCUT2D eigenvalue weighted by atomic mass is 35.5. The van der Waals surface area contributed by atoms with Crippen LogP contribution in [-0.4, -0.2) is 17.9 Å². The van der Waals surface area contributed by atoms with E-state index in [1.54, 1.807) is 6.92 Å². The summed E-state index contributed by atoms with van der Waals surface area (Å²) < 4.78 is 5.54. The largest absolute Gasteiger partial charge is 0.457 e. The first-order valence-corrected chi connectivity index (χ1v) is 7.08. The van der Waals surface area contributed by atoms with Gasteiger partial charge in [-0.2, -0.15) is 0 Å². The molecule has 0 N–H and O–H groups in total. The quantitative estimate of drug-likeness (QED) is 0.641. The van der Waals surface area contributed by atoms with Crippen LogP contribution in [-0.2, 0) is 14.3 Å². The minimum Gasteiger partial charge on any atom is -0.457 e. The van der Waals surface area contributed by atoms with Crippen LogP contribution in [0.4, 0.5) is 0 Å². The molecule has 19 heavy (non-hydrogen) atoms. The predicted molar refractivity (Wildman–Crippen MR) is 71.5 cm³/mol. The maximum absolute atomic E-state index is 12.1. The number of ether oxygens (including phenoxy) is 1. The second-order valence-electron chi connectivity index (χ2n) is 6.13. The van der Waals surface area contributed by atoms with Gasteiger partial charge in [0, 0.05) is 16.9 Å². The molecule has 2 fully saturated rings. The summed E-state index contributed by atoms with van der Waals surface area (Å²) in [6, 6.07) is 0. The second kappa shape index (κ2) is 3.95. The van der Waals surface area contributed by atoms with E-state index in [1.165, 1.54) is 0 Å². The van der Waals surface area contributed by atoms with Gasteiger partial charge in [-0.25, -0.2) is 0 Å². The van der Waals surface area contributed by atoms with Crippen LogP contribution in [0, 0.1) is 17.3 Å². The van der Waals surface area contributed by atoms with Gasteiger partial charge in [0.25, 0.3) is 0 Å². The zero-order valence-electron chi connectivity index (χ0n) is 11.3. The van der Waals surface area contributed by atoms with Crippen LogP contribution in [0.5, 0.6) is 0 Å². The number of carbonyl (C=O) groups is 2. The zero-order chi connectivity index (χ0) is 13.9. The molecule has 3 nitrogen and oxygen atoms in total. The number of rotatable bonds is 0. The third-order valence-electron chi connectivity index (χ3n) is 4.95. The molecular weight excluding hydrogens is 264 g/mol. The second-order valence-corrected chi connectivity index (χ2v) is 6.53. The van der Waals surface area contributed by atoms with E-state index in [-0.39, 0.29) is 35.1 Å². The predicted octanol–water partition coefficient (Wildman–Crippen LogP) is 2.99. The van der Waals surface area contributed by atoms with Crippen LogP contribution in [0.2, 0.25) is 0 Å². The number of Topliss-reactive ketones (excluding diaryl/α,β-unsaturated/α-hetero) is 1. The lowest BCUT2D eigenvalue weighted by molar-refractivity contribution is -0.143. The van der Waals surface area contributed by atoms with Gasteiger partial charge >= 0.3 is 5.97 Å². The molecule has 0 unspecified atom stereocenters. The van der Waals surface area contributed by atoms with E-state index < -0.39 is 0 Å². The fraction of sp³-hybridized carbons (Fsp3) is 0.600. The van der Waals surface area contributed by atoms with Gasteiger partial charge in [-0.3, -0.25) is 9.59 Å². The number of hydrogen-bond donors (Lipinski definition) is 0. The van der Waals surface area contributed by atoms with Gasteiger partial charge in [-0.15, -0.1) is 0 Å². The van der Waals surface area contributed by atoms with E-state index in [1.807, 2.05) is 13.0 Å². The lowest BCUT2D eigenvalue weighted by Gasteiger charge is -2.43. The molecule has 0 spiro atoms. The van der Waals surface area contributed by atoms with Gasteiger partial charge in [0.2, 0.25) is 0 Å². The first-order valence-electron chi connectivity index (χ1n) is 6.70. The molecule has 0 aromatic rings. The highest BCUT2D eigenvalue weighted by Gasteiger charge is 2.53. The Kier molecular flexibility index (Phi) is 2.69. The number of allylic oxidation sites excluding steroid dienone is 3. The van der Waals surface area contributed by atoms with Crippen LogP contribution in [0.3, 0.4) is 0 Å². The molecule has 1 aliphatic heterocycles. The molecule has 1 saturated heterocycles.